The molecule has 1 heterocycles. The van der Waals surface area contributed by atoms with Crippen LogP contribution in [0.5, 0.6) is 0 Å². The molecule has 0 aromatic carbocycles. The van der Waals surface area contributed by atoms with E-state index in [1.807, 2.05) is 6.08 Å². The summed E-state index contributed by atoms with van der Waals surface area (Å²) in [6.45, 7) is 5.77. The maximum absolute atomic E-state index is 13.5. The van der Waals surface area contributed by atoms with Crippen molar-refractivity contribution in [2.24, 2.45) is 0 Å². The minimum absolute atomic E-state index is 0.119. The van der Waals surface area contributed by atoms with Gasteiger partial charge < -0.3 is 45.1 Å². The summed E-state index contributed by atoms with van der Waals surface area (Å²) in [5.41, 5.74) is 0. The molecule has 0 saturated carbocycles. The van der Waals surface area contributed by atoms with Gasteiger partial charge in [-0.3, -0.25) is 9.59 Å². The maximum Gasteiger partial charge on any atom is 0.306 e. The molecule has 11 heteroatoms. The fourth-order valence-corrected chi connectivity index (χ4v) is 11.2. The molecule has 88 heavy (non-hydrogen) atoms. The number of hydrogen-bond donors (Lipinski definition) is 6. The number of unbranched alkanes of at least 4 members (excludes halogenated alkanes) is 37. The summed E-state index contributed by atoms with van der Waals surface area (Å²) in [5.74, 6) is -1.19. The third kappa shape index (κ3) is 50.5. The van der Waals surface area contributed by atoms with Gasteiger partial charge in [0.2, 0.25) is 5.91 Å². The molecule has 1 amide bonds. The first kappa shape index (κ1) is 82.9. The number of ether oxygens (including phenoxy) is 3. The lowest BCUT2D eigenvalue weighted by atomic mass is 9.99. The highest BCUT2D eigenvalue weighted by molar-refractivity contribution is 5.80. The Kier molecular flexibility index (Phi) is 60.2. The number of carbonyl (C=O) groups excluding carboxylic acids is 2. The number of hydrogen-bond acceptors (Lipinski definition) is 10. The predicted octanol–water partition coefficient (Wildman–Crippen LogP) is 19.2. The highest BCUT2D eigenvalue weighted by Crippen LogP contribution is 2.26. The second-order valence-corrected chi connectivity index (χ2v) is 25.3. The van der Waals surface area contributed by atoms with Crippen molar-refractivity contribution in [2.75, 3.05) is 13.2 Å². The molecule has 1 saturated heterocycles. The zero-order chi connectivity index (χ0) is 63.9. The quantitative estimate of drug-likeness (QED) is 0.0195. The lowest BCUT2D eigenvalue weighted by Crippen LogP contribution is -2.61. The molecule has 0 aliphatic carbocycles. The number of rotatable bonds is 63. The Morgan fingerprint density at radius 3 is 1.19 bits per heavy atom. The van der Waals surface area contributed by atoms with Crippen LogP contribution in [0.1, 0.15) is 329 Å². The van der Waals surface area contributed by atoms with Crippen LogP contribution in [-0.2, 0) is 23.8 Å². The van der Waals surface area contributed by atoms with E-state index < -0.39 is 67.4 Å². The zero-order valence-electron chi connectivity index (χ0n) is 56.8. The normalized spacial score (nSPS) is 18.7. The molecular weight excluding hydrogens is 1100 g/mol. The summed E-state index contributed by atoms with van der Waals surface area (Å²) in [6, 6.07) is -1.03. The largest absolute Gasteiger partial charge is 0.454 e. The first-order valence-electron chi connectivity index (χ1n) is 36.9. The Balaban J connectivity index is 2.56. The number of amides is 1. The number of aliphatic hydroxyl groups is 5. The maximum atomic E-state index is 13.5. The van der Waals surface area contributed by atoms with E-state index in [4.69, 9.17) is 14.2 Å². The van der Waals surface area contributed by atoms with Gasteiger partial charge in [-0.15, -0.1) is 0 Å². The van der Waals surface area contributed by atoms with E-state index in [1.54, 1.807) is 6.08 Å². The molecule has 510 valence electrons. The standard InChI is InChI=1S/C77H137NO10/c1-4-7-10-13-16-19-22-25-27-29-31-33-34-35-36-37-39-40-42-44-46-49-52-55-58-61-64-70(81)76(85)78-68(69(80)63-60-57-54-51-48-24-21-18-15-12-9-6-3)67-86-77-75(74(84)73(83)71(66-79)87-77)88-72(82)65-62-59-56-53-50-47-45-43-41-38-32-30-28-26-23-20-17-14-11-8-5-2/h16-17,19-20,25-28,31,33,35-36,60,63,68-71,73-75,77,79-81,83-84H,4-15,18,21-24,29-30,32,34,37-59,61-62,64-67H2,1-3H3,(H,78,85)/b19-16-,20-17-,27-25-,28-26-,33-31-,36-35-,63-60+. The van der Waals surface area contributed by atoms with Crippen molar-refractivity contribution in [3.8, 4) is 0 Å². The Labute approximate surface area is 540 Å². The van der Waals surface area contributed by atoms with Crippen LogP contribution in [0.15, 0.2) is 85.1 Å². The van der Waals surface area contributed by atoms with Crippen molar-refractivity contribution in [1.29, 1.82) is 0 Å². The average molecular weight is 1240 g/mol. The first-order valence-corrected chi connectivity index (χ1v) is 36.9. The summed E-state index contributed by atoms with van der Waals surface area (Å²) < 4.78 is 17.7. The number of aliphatic hydroxyl groups excluding tert-OH is 5. The van der Waals surface area contributed by atoms with Crippen LogP contribution in [-0.4, -0.2) is 99.6 Å². The van der Waals surface area contributed by atoms with Crippen LogP contribution in [0.4, 0.5) is 0 Å². The van der Waals surface area contributed by atoms with E-state index in [-0.39, 0.29) is 19.4 Å². The van der Waals surface area contributed by atoms with Crippen LogP contribution in [0.25, 0.3) is 0 Å². The smallest absolute Gasteiger partial charge is 0.306 e. The molecule has 6 N–H and O–H groups in total. The van der Waals surface area contributed by atoms with Gasteiger partial charge in [-0.05, 0) is 103 Å². The predicted molar refractivity (Wildman–Crippen MR) is 370 cm³/mol. The van der Waals surface area contributed by atoms with E-state index >= 15 is 0 Å². The van der Waals surface area contributed by atoms with E-state index in [1.165, 1.54) is 193 Å². The van der Waals surface area contributed by atoms with Gasteiger partial charge in [0.1, 0.15) is 24.4 Å². The van der Waals surface area contributed by atoms with Gasteiger partial charge in [-0.2, -0.15) is 0 Å². The molecule has 1 rings (SSSR count). The Morgan fingerprint density at radius 2 is 0.784 bits per heavy atom. The SMILES string of the molecule is CCCCC/C=C\C/C=C\C/C=C\C/C=C\CCCCCCCCCCCCC(O)C(=O)NC(COC1OC(CO)C(O)C(O)C1OC(=O)CCCCCCCCCCCCC/C=C\C/C=C\CCCCC)C(O)/C=C/CCCCCCCCCCCC. The molecule has 11 nitrogen and oxygen atoms in total. The topological polar surface area (TPSA) is 175 Å². The van der Waals surface area contributed by atoms with Crippen LogP contribution >= 0.6 is 0 Å². The van der Waals surface area contributed by atoms with Crippen molar-refractivity contribution in [3.63, 3.8) is 0 Å². The van der Waals surface area contributed by atoms with E-state index in [0.29, 0.717) is 12.8 Å². The fraction of sp³-hybridized carbons (Fsp3) is 0.792. The molecule has 8 atom stereocenters. The molecule has 1 aliphatic rings. The molecule has 0 spiro atoms. The minimum Gasteiger partial charge on any atom is -0.454 e. The van der Waals surface area contributed by atoms with Gasteiger partial charge in [0.15, 0.2) is 12.4 Å². The third-order valence-corrected chi connectivity index (χ3v) is 17.0. The highest BCUT2D eigenvalue weighted by atomic mass is 16.7. The fourth-order valence-electron chi connectivity index (χ4n) is 11.2. The number of allylic oxidation sites excluding steroid dienone is 13. The van der Waals surface area contributed by atoms with E-state index in [2.05, 4.69) is 99.0 Å². The number of nitrogens with one attached hydrogen (secondary N) is 1. The summed E-state index contributed by atoms with van der Waals surface area (Å²) >= 11 is 0. The zero-order valence-corrected chi connectivity index (χ0v) is 56.8. The third-order valence-electron chi connectivity index (χ3n) is 17.0. The van der Waals surface area contributed by atoms with Crippen molar-refractivity contribution < 1.29 is 49.3 Å². The second kappa shape index (κ2) is 64.0. The van der Waals surface area contributed by atoms with Crippen molar-refractivity contribution in [2.45, 2.75) is 378 Å². The van der Waals surface area contributed by atoms with Crippen LogP contribution in [0.2, 0.25) is 0 Å². The number of carbonyl (C=O) groups is 2. The second-order valence-electron chi connectivity index (χ2n) is 25.3. The Bertz CT molecular complexity index is 1760. The Morgan fingerprint density at radius 1 is 0.443 bits per heavy atom. The van der Waals surface area contributed by atoms with E-state index in [9.17, 15) is 35.1 Å². The monoisotopic (exact) mass is 1240 g/mol. The van der Waals surface area contributed by atoms with Gasteiger partial charge in [0.25, 0.3) is 0 Å². The highest BCUT2D eigenvalue weighted by Gasteiger charge is 2.47. The summed E-state index contributed by atoms with van der Waals surface area (Å²) in [6.07, 6.45) is 74.7. The van der Waals surface area contributed by atoms with Gasteiger partial charge in [0.05, 0.1) is 25.4 Å². The molecule has 1 aliphatic heterocycles. The summed E-state index contributed by atoms with van der Waals surface area (Å²) in [7, 11) is 0. The van der Waals surface area contributed by atoms with Gasteiger partial charge in [-0.1, -0.05) is 305 Å². The average Bonchev–Trinajstić information content (AvgIpc) is 1.25. The van der Waals surface area contributed by atoms with E-state index in [0.717, 1.165) is 89.9 Å². The molecule has 1 fully saturated rings. The molecular formula is C77H137NO10. The van der Waals surface area contributed by atoms with Crippen LogP contribution in [0.3, 0.4) is 0 Å². The van der Waals surface area contributed by atoms with Crippen molar-refractivity contribution in [1.82, 2.24) is 5.32 Å². The molecule has 0 aromatic rings. The lowest BCUT2D eigenvalue weighted by molar-refractivity contribution is -0.305. The molecule has 0 bridgehead atoms. The first-order chi connectivity index (χ1) is 43.2. The number of esters is 1. The van der Waals surface area contributed by atoms with Crippen molar-refractivity contribution in [3.05, 3.63) is 85.1 Å². The summed E-state index contributed by atoms with van der Waals surface area (Å²) in [4.78, 5) is 26.7. The van der Waals surface area contributed by atoms with Crippen LogP contribution < -0.4 is 5.32 Å². The Hall–Kier alpha value is -3.16. The molecule has 0 aromatic heterocycles. The van der Waals surface area contributed by atoms with Crippen LogP contribution in [0, 0.1) is 0 Å². The lowest BCUT2D eigenvalue weighted by Gasteiger charge is -2.41. The summed E-state index contributed by atoms with van der Waals surface area (Å²) in [5, 5.41) is 57.3. The van der Waals surface area contributed by atoms with Gasteiger partial charge >= 0.3 is 5.97 Å². The minimum atomic E-state index is -1.62. The van der Waals surface area contributed by atoms with Gasteiger partial charge in [-0.25, -0.2) is 0 Å². The van der Waals surface area contributed by atoms with Gasteiger partial charge in [0, 0.05) is 6.42 Å². The van der Waals surface area contributed by atoms with Crippen molar-refractivity contribution >= 4 is 11.9 Å². The molecule has 0 radical (unpaired) electrons. The molecule has 8 unspecified atom stereocenters.